The van der Waals surface area contributed by atoms with Crippen LogP contribution in [0.2, 0.25) is 0 Å². The van der Waals surface area contributed by atoms with Crippen molar-refractivity contribution in [1.29, 1.82) is 0 Å². The molecule has 28 heavy (non-hydrogen) atoms. The zero-order chi connectivity index (χ0) is 19.1. The van der Waals surface area contributed by atoms with E-state index in [4.69, 9.17) is 0 Å². The lowest BCUT2D eigenvalue weighted by Crippen LogP contribution is -2.61. The second-order valence-electron chi connectivity index (χ2n) is 10.8. The average Bonchev–Trinajstić information content (AvgIpc) is 2.66. The van der Waals surface area contributed by atoms with Crippen molar-refractivity contribution in [3.8, 4) is 0 Å². The molecule has 0 spiro atoms. The van der Waals surface area contributed by atoms with Crippen LogP contribution in [0.25, 0.3) is 0 Å². The maximum absolute atomic E-state index is 12.6. The molecule has 1 aliphatic heterocycles. The van der Waals surface area contributed by atoms with Crippen LogP contribution in [0.4, 0.5) is 4.79 Å². The van der Waals surface area contributed by atoms with Crippen LogP contribution in [-0.2, 0) is 4.79 Å². The average molecular weight is 392 g/mol. The highest BCUT2D eigenvalue weighted by molar-refractivity contribution is 5.78. The van der Waals surface area contributed by atoms with E-state index in [1.165, 1.54) is 70.6 Å². The van der Waals surface area contributed by atoms with E-state index in [0.29, 0.717) is 13.0 Å². The fourth-order valence-corrected chi connectivity index (χ4v) is 7.82. The van der Waals surface area contributed by atoms with E-state index in [-0.39, 0.29) is 20.3 Å². The zero-order valence-electron chi connectivity index (χ0n) is 17.3. The number of hydrogen-bond donors (Lipinski definition) is 2. The van der Waals surface area contributed by atoms with E-state index >= 15 is 0 Å². The van der Waals surface area contributed by atoms with Crippen LogP contribution in [-0.4, -0.2) is 42.0 Å². The second-order valence-corrected chi connectivity index (χ2v) is 10.8. The van der Waals surface area contributed by atoms with E-state index < -0.39 is 0 Å². The lowest BCUT2D eigenvalue weighted by atomic mass is 9.53. The number of urea groups is 1. The molecule has 1 saturated heterocycles. The van der Waals surface area contributed by atoms with Crippen molar-refractivity contribution in [2.24, 2.45) is 29.6 Å². The number of amides is 3. The van der Waals surface area contributed by atoms with Crippen LogP contribution in [0, 0.1) is 29.6 Å². The van der Waals surface area contributed by atoms with Crippen molar-refractivity contribution in [1.82, 2.24) is 15.5 Å². The quantitative estimate of drug-likeness (QED) is 0.755. The van der Waals surface area contributed by atoms with Crippen molar-refractivity contribution in [2.75, 3.05) is 19.6 Å². The molecule has 0 aromatic heterocycles. The van der Waals surface area contributed by atoms with Gasteiger partial charge in [0.15, 0.2) is 0 Å². The summed E-state index contributed by atoms with van der Waals surface area (Å²) in [5, 5.41) is 6.33. The van der Waals surface area contributed by atoms with Crippen LogP contribution in [0.3, 0.4) is 0 Å². The molecule has 0 aromatic carbocycles. The van der Waals surface area contributed by atoms with Gasteiger partial charge in [0.2, 0.25) is 5.91 Å². The van der Waals surface area contributed by atoms with Gasteiger partial charge in [-0.05, 0) is 81.0 Å². The van der Waals surface area contributed by atoms with Crippen LogP contribution >= 0.6 is 0 Å². The fraction of sp³-hybridized carbons (Fsp3) is 0.913. The molecule has 4 bridgehead atoms. The maximum Gasteiger partial charge on any atom is 0.315 e. The Morgan fingerprint density at radius 3 is 2.25 bits per heavy atom. The predicted octanol–water partition coefficient (Wildman–Crippen LogP) is 4.18. The Bertz CT molecular complexity index is 594. The summed E-state index contributed by atoms with van der Waals surface area (Å²) in [6.45, 7) is 2.32. The second kappa shape index (κ2) is 7.53. The molecular weight excluding hydrogens is 350 g/mol. The number of hydrogen-bond acceptors (Lipinski definition) is 2. The summed E-state index contributed by atoms with van der Waals surface area (Å²) in [6.07, 6.45) is 14.6. The van der Waals surface area contributed by atoms with Gasteiger partial charge in [0.05, 0.1) is 0 Å². The molecule has 2 N–H and O–H groups in total. The molecule has 1 heterocycles. The Kier molecular flexibility index (Phi) is 5.04. The predicted molar refractivity (Wildman–Crippen MR) is 113 cm³/mol. The number of nitrogens with one attached hydrogen (secondary N) is 2. The van der Waals surface area contributed by atoms with Crippen LogP contribution in [0.5, 0.6) is 0 Å². The number of rotatable bonds is 4. The molecule has 6 fully saturated rings. The highest BCUT2D eigenvalue weighted by atomic mass is 16.2. The Balaban J connectivity index is 0.00000128. The normalized spacial score (nSPS) is 41.4. The number of fused-ring (bicyclic) bond motifs is 1. The van der Waals surface area contributed by atoms with Gasteiger partial charge in [-0.2, -0.15) is 0 Å². The number of likely N-dealkylation sites (tertiary alicyclic amines) is 1. The first-order chi connectivity index (χ1) is 13.6. The van der Waals surface area contributed by atoms with Gasteiger partial charge in [0, 0.05) is 34.4 Å². The molecule has 2 atom stereocenters. The van der Waals surface area contributed by atoms with Crippen LogP contribution < -0.4 is 10.6 Å². The van der Waals surface area contributed by atoms with Crippen molar-refractivity contribution in [3.05, 3.63) is 0 Å². The molecule has 6 aliphatic rings. The van der Waals surface area contributed by atoms with Gasteiger partial charge in [0.1, 0.15) is 0 Å². The van der Waals surface area contributed by atoms with Crippen molar-refractivity contribution < 1.29 is 12.4 Å². The first-order valence-corrected chi connectivity index (χ1v) is 11.9. The van der Waals surface area contributed by atoms with Crippen LogP contribution in [0.1, 0.15) is 79.9 Å². The molecule has 0 aromatic rings. The van der Waals surface area contributed by atoms with Gasteiger partial charge in [-0.3, -0.25) is 4.79 Å². The van der Waals surface area contributed by atoms with E-state index in [1.807, 2.05) is 0 Å². The maximum atomic E-state index is 12.6. The van der Waals surface area contributed by atoms with Gasteiger partial charge >= 0.3 is 6.03 Å². The molecule has 5 saturated carbocycles. The molecule has 5 aliphatic carbocycles. The fourth-order valence-electron chi connectivity index (χ4n) is 7.82. The SMILES string of the molecule is O=C(NCCC(=O)N1CCC2CCCCC2C1)NC12CC3CC(CC(C3)C1)C2.[HH].[HH]. The standard InChI is InChI=1S/C23H37N3O2.2H2/c27-21(26-8-6-19-3-1-2-4-20(19)15-26)5-7-24-22(28)25-23-12-16-9-17(13-23)11-18(10-16)14-23;;/h16-20H,1-15H2,(H2,24,25,28);2*1H. The molecule has 3 amide bonds. The monoisotopic (exact) mass is 391 g/mol. The van der Waals surface area contributed by atoms with E-state index in [0.717, 1.165) is 42.7 Å². The Morgan fingerprint density at radius 2 is 1.57 bits per heavy atom. The largest absolute Gasteiger partial charge is 0.342 e. The molecule has 0 radical (unpaired) electrons. The number of carbonyl (C=O) groups excluding carboxylic acids is 2. The van der Waals surface area contributed by atoms with E-state index in [2.05, 4.69) is 15.5 Å². The van der Waals surface area contributed by atoms with E-state index in [9.17, 15) is 9.59 Å². The molecule has 5 nitrogen and oxygen atoms in total. The molecule has 2 unspecified atom stereocenters. The van der Waals surface area contributed by atoms with Gasteiger partial charge in [-0.25, -0.2) is 4.79 Å². The minimum atomic E-state index is -0.0549. The van der Waals surface area contributed by atoms with Gasteiger partial charge in [0.25, 0.3) is 0 Å². The van der Waals surface area contributed by atoms with Gasteiger partial charge in [-0.15, -0.1) is 0 Å². The number of nitrogens with zero attached hydrogens (tertiary/aromatic N) is 1. The Labute approximate surface area is 172 Å². The van der Waals surface area contributed by atoms with Gasteiger partial charge < -0.3 is 15.5 Å². The summed E-state index contributed by atoms with van der Waals surface area (Å²) in [4.78, 5) is 27.2. The molecular formula is C23H41N3O2. The highest BCUT2D eigenvalue weighted by Crippen LogP contribution is 2.55. The van der Waals surface area contributed by atoms with Gasteiger partial charge in [-0.1, -0.05) is 19.3 Å². The molecule has 5 heteroatoms. The zero-order valence-corrected chi connectivity index (χ0v) is 17.3. The number of piperidine rings is 1. The summed E-state index contributed by atoms with van der Waals surface area (Å²) in [5.41, 5.74) is 0.0473. The summed E-state index contributed by atoms with van der Waals surface area (Å²) in [6, 6.07) is -0.0549. The van der Waals surface area contributed by atoms with Crippen molar-refractivity contribution in [3.63, 3.8) is 0 Å². The lowest BCUT2D eigenvalue weighted by Gasteiger charge is -2.56. The third-order valence-corrected chi connectivity index (χ3v) is 8.69. The topological polar surface area (TPSA) is 61.4 Å². The summed E-state index contributed by atoms with van der Waals surface area (Å²) < 4.78 is 0. The van der Waals surface area contributed by atoms with Crippen molar-refractivity contribution in [2.45, 2.75) is 82.6 Å². The molecule has 160 valence electrons. The number of carbonyl (C=O) groups is 2. The third kappa shape index (κ3) is 3.78. The smallest absolute Gasteiger partial charge is 0.315 e. The third-order valence-electron chi connectivity index (χ3n) is 8.69. The first-order valence-electron chi connectivity index (χ1n) is 11.9. The Morgan fingerprint density at radius 1 is 0.929 bits per heavy atom. The van der Waals surface area contributed by atoms with Crippen LogP contribution in [0.15, 0.2) is 0 Å². The lowest BCUT2D eigenvalue weighted by molar-refractivity contribution is -0.134. The Hall–Kier alpha value is -1.26. The molecule has 6 rings (SSSR count). The summed E-state index contributed by atoms with van der Waals surface area (Å²) in [7, 11) is 0. The summed E-state index contributed by atoms with van der Waals surface area (Å²) >= 11 is 0. The van der Waals surface area contributed by atoms with E-state index in [1.54, 1.807) is 0 Å². The minimum absolute atomic E-state index is 0. The first kappa shape index (κ1) is 18.7. The minimum Gasteiger partial charge on any atom is -0.342 e. The van der Waals surface area contributed by atoms with Crippen molar-refractivity contribution >= 4 is 11.9 Å². The highest BCUT2D eigenvalue weighted by Gasteiger charge is 2.51. The summed E-state index contributed by atoms with van der Waals surface area (Å²) in [5.74, 6) is 4.28.